The molecule has 0 bridgehead atoms. The second kappa shape index (κ2) is 6.12. The molecule has 0 spiro atoms. The number of anilines is 1. The third kappa shape index (κ3) is 3.90. The first-order valence-electron chi connectivity index (χ1n) is 5.35. The zero-order chi connectivity index (χ0) is 12.0. The van der Waals surface area contributed by atoms with E-state index in [1.54, 1.807) is 0 Å². The molecule has 1 rings (SSSR count). The van der Waals surface area contributed by atoms with Gasteiger partial charge in [0.25, 0.3) is 0 Å². The highest BCUT2D eigenvalue weighted by atomic mass is 16.5. The Balaban J connectivity index is 2.57. The molecule has 0 heterocycles. The van der Waals surface area contributed by atoms with Crippen LogP contribution in [0.25, 0.3) is 0 Å². The highest BCUT2D eigenvalue weighted by molar-refractivity contribution is 5.84. The lowest BCUT2D eigenvalue weighted by Gasteiger charge is -2.09. The Hall–Kier alpha value is -1.55. The third-order valence-corrected chi connectivity index (χ3v) is 2.41. The summed E-state index contributed by atoms with van der Waals surface area (Å²) in [5.74, 6) is 0. The van der Waals surface area contributed by atoms with Crippen LogP contribution in [0.3, 0.4) is 0 Å². The summed E-state index contributed by atoms with van der Waals surface area (Å²) < 4.78 is 4.50. The SMILES string of the molecule is CCC(N)Cc1ccc(NC(=O)OC)cc1. The number of carbonyl (C=O) groups excluding carboxylic acids is 1. The lowest BCUT2D eigenvalue weighted by Crippen LogP contribution is -2.21. The van der Waals surface area contributed by atoms with Gasteiger partial charge in [0.15, 0.2) is 0 Å². The van der Waals surface area contributed by atoms with Crippen molar-refractivity contribution >= 4 is 11.8 Å². The largest absolute Gasteiger partial charge is 0.453 e. The second-order valence-electron chi connectivity index (χ2n) is 3.69. The normalized spacial score (nSPS) is 11.9. The molecule has 3 N–H and O–H groups in total. The summed E-state index contributed by atoms with van der Waals surface area (Å²) in [4.78, 5) is 10.9. The van der Waals surface area contributed by atoms with Gasteiger partial charge in [-0.15, -0.1) is 0 Å². The van der Waals surface area contributed by atoms with E-state index in [4.69, 9.17) is 5.73 Å². The number of nitrogens with one attached hydrogen (secondary N) is 1. The van der Waals surface area contributed by atoms with Crippen LogP contribution in [0.1, 0.15) is 18.9 Å². The molecule has 0 aliphatic heterocycles. The first kappa shape index (κ1) is 12.5. The Labute approximate surface area is 95.8 Å². The molecule has 4 nitrogen and oxygen atoms in total. The summed E-state index contributed by atoms with van der Waals surface area (Å²) in [6.07, 6.45) is 1.36. The predicted molar refractivity (Wildman–Crippen MR) is 64.4 cm³/mol. The number of hydrogen-bond donors (Lipinski definition) is 2. The van der Waals surface area contributed by atoms with E-state index in [1.807, 2.05) is 24.3 Å². The number of ether oxygens (including phenoxy) is 1. The number of amides is 1. The molecule has 88 valence electrons. The van der Waals surface area contributed by atoms with E-state index in [0.717, 1.165) is 18.5 Å². The monoisotopic (exact) mass is 222 g/mol. The van der Waals surface area contributed by atoms with E-state index in [9.17, 15) is 4.79 Å². The standard InChI is InChI=1S/C12H18N2O2/c1-3-10(13)8-9-4-6-11(7-5-9)14-12(15)16-2/h4-7,10H,3,8,13H2,1-2H3,(H,14,15). The Morgan fingerprint density at radius 1 is 1.44 bits per heavy atom. The fraction of sp³-hybridized carbons (Fsp3) is 0.417. The van der Waals surface area contributed by atoms with Crippen LogP contribution in [-0.2, 0) is 11.2 Å². The lowest BCUT2D eigenvalue weighted by molar-refractivity contribution is 0.187. The van der Waals surface area contributed by atoms with Gasteiger partial charge in [0.05, 0.1) is 7.11 Å². The van der Waals surface area contributed by atoms with Gasteiger partial charge in [-0.25, -0.2) is 4.79 Å². The minimum atomic E-state index is -0.460. The summed E-state index contributed by atoms with van der Waals surface area (Å²) >= 11 is 0. The fourth-order valence-electron chi connectivity index (χ4n) is 1.34. The molecule has 16 heavy (non-hydrogen) atoms. The highest BCUT2D eigenvalue weighted by Gasteiger charge is 2.03. The lowest BCUT2D eigenvalue weighted by atomic mass is 10.0. The molecule has 0 aromatic heterocycles. The first-order valence-corrected chi connectivity index (χ1v) is 5.35. The third-order valence-electron chi connectivity index (χ3n) is 2.41. The molecule has 1 atom stereocenters. The van der Waals surface area contributed by atoms with Crippen LogP contribution in [-0.4, -0.2) is 19.2 Å². The quantitative estimate of drug-likeness (QED) is 0.820. The van der Waals surface area contributed by atoms with Crippen LogP contribution in [0.4, 0.5) is 10.5 Å². The van der Waals surface area contributed by atoms with Crippen LogP contribution in [0.15, 0.2) is 24.3 Å². The average molecular weight is 222 g/mol. The van der Waals surface area contributed by atoms with Gasteiger partial charge < -0.3 is 10.5 Å². The molecular formula is C12H18N2O2. The fourth-order valence-corrected chi connectivity index (χ4v) is 1.34. The second-order valence-corrected chi connectivity index (χ2v) is 3.69. The predicted octanol–water partition coefficient (Wildman–Crippen LogP) is 2.14. The minimum Gasteiger partial charge on any atom is -0.453 e. The summed E-state index contributed by atoms with van der Waals surface area (Å²) in [5, 5.41) is 2.59. The maximum absolute atomic E-state index is 10.9. The van der Waals surface area contributed by atoms with Gasteiger partial charge in [0.1, 0.15) is 0 Å². The zero-order valence-electron chi connectivity index (χ0n) is 9.69. The number of nitrogens with two attached hydrogens (primary N) is 1. The highest BCUT2D eigenvalue weighted by Crippen LogP contribution is 2.11. The molecule has 1 aromatic rings. The van der Waals surface area contributed by atoms with Crippen LogP contribution in [0.5, 0.6) is 0 Å². The minimum absolute atomic E-state index is 0.194. The summed E-state index contributed by atoms with van der Waals surface area (Å²) in [5.41, 5.74) is 7.75. The molecule has 1 unspecified atom stereocenters. The molecule has 1 amide bonds. The van der Waals surface area contributed by atoms with Crippen molar-refractivity contribution < 1.29 is 9.53 Å². The van der Waals surface area contributed by atoms with Crippen LogP contribution >= 0.6 is 0 Å². The van der Waals surface area contributed by atoms with Crippen LogP contribution in [0, 0.1) is 0 Å². The summed E-state index contributed by atoms with van der Waals surface area (Å²) in [6.45, 7) is 2.07. The smallest absolute Gasteiger partial charge is 0.411 e. The van der Waals surface area contributed by atoms with E-state index >= 15 is 0 Å². The van der Waals surface area contributed by atoms with Gasteiger partial charge in [-0.1, -0.05) is 19.1 Å². The zero-order valence-corrected chi connectivity index (χ0v) is 9.69. The van der Waals surface area contributed by atoms with E-state index in [0.29, 0.717) is 0 Å². The van der Waals surface area contributed by atoms with E-state index in [2.05, 4.69) is 17.0 Å². The molecular weight excluding hydrogens is 204 g/mol. The molecule has 0 radical (unpaired) electrons. The van der Waals surface area contributed by atoms with Crippen molar-refractivity contribution in [1.29, 1.82) is 0 Å². The van der Waals surface area contributed by atoms with Gasteiger partial charge in [0.2, 0.25) is 0 Å². The average Bonchev–Trinajstić information content (AvgIpc) is 2.31. The first-order chi connectivity index (χ1) is 7.65. The van der Waals surface area contributed by atoms with Crippen molar-refractivity contribution in [3.63, 3.8) is 0 Å². The molecule has 0 aliphatic rings. The molecule has 4 heteroatoms. The Bertz CT molecular complexity index is 335. The molecule has 0 fully saturated rings. The van der Waals surface area contributed by atoms with Gasteiger partial charge in [-0.3, -0.25) is 5.32 Å². The maximum atomic E-state index is 10.9. The molecule has 1 aromatic carbocycles. The number of rotatable bonds is 4. The Morgan fingerprint density at radius 3 is 2.56 bits per heavy atom. The number of carbonyl (C=O) groups is 1. The maximum Gasteiger partial charge on any atom is 0.411 e. The van der Waals surface area contributed by atoms with Gasteiger partial charge >= 0.3 is 6.09 Å². The van der Waals surface area contributed by atoms with Crippen molar-refractivity contribution in [2.45, 2.75) is 25.8 Å². The van der Waals surface area contributed by atoms with Gasteiger partial charge in [0, 0.05) is 11.7 Å². The summed E-state index contributed by atoms with van der Waals surface area (Å²) in [7, 11) is 1.34. The van der Waals surface area contributed by atoms with Crippen molar-refractivity contribution in [3.05, 3.63) is 29.8 Å². The molecule has 0 aliphatic carbocycles. The van der Waals surface area contributed by atoms with Crippen molar-refractivity contribution in [2.75, 3.05) is 12.4 Å². The number of benzene rings is 1. The Morgan fingerprint density at radius 2 is 2.06 bits per heavy atom. The van der Waals surface area contributed by atoms with Crippen LogP contribution in [0.2, 0.25) is 0 Å². The molecule has 0 saturated carbocycles. The van der Waals surface area contributed by atoms with Crippen molar-refractivity contribution in [1.82, 2.24) is 0 Å². The van der Waals surface area contributed by atoms with E-state index in [1.165, 1.54) is 12.7 Å². The number of methoxy groups -OCH3 is 1. The Kier molecular flexibility index (Phi) is 4.79. The number of hydrogen-bond acceptors (Lipinski definition) is 3. The van der Waals surface area contributed by atoms with E-state index < -0.39 is 6.09 Å². The molecule has 0 saturated heterocycles. The summed E-state index contributed by atoms with van der Waals surface area (Å²) in [6, 6.07) is 7.80. The van der Waals surface area contributed by atoms with Gasteiger partial charge in [-0.05, 0) is 30.5 Å². The topological polar surface area (TPSA) is 64.3 Å². The van der Waals surface area contributed by atoms with Crippen molar-refractivity contribution in [2.24, 2.45) is 5.73 Å². The van der Waals surface area contributed by atoms with Crippen molar-refractivity contribution in [3.8, 4) is 0 Å². The van der Waals surface area contributed by atoms with Crippen LogP contribution < -0.4 is 11.1 Å². The van der Waals surface area contributed by atoms with Gasteiger partial charge in [-0.2, -0.15) is 0 Å². The van der Waals surface area contributed by atoms with E-state index in [-0.39, 0.29) is 6.04 Å².